The molecule has 3 aromatic rings. The van der Waals surface area contributed by atoms with Gasteiger partial charge in [0.1, 0.15) is 5.75 Å². The first kappa shape index (κ1) is 18.4. The molecule has 27 heavy (non-hydrogen) atoms. The Morgan fingerprint density at radius 3 is 2.56 bits per heavy atom. The molecule has 1 atom stereocenters. The van der Waals surface area contributed by atoms with E-state index in [1.54, 1.807) is 43.3 Å². The van der Waals surface area contributed by atoms with Gasteiger partial charge in [0.25, 0.3) is 5.91 Å². The second kappa shape index (κ2) is 7.86. The van der Waals surface area contributed by atoms with Gasteiger partial charge in [-0.2, -0.15) is 0 Å². The Hall–Kier alpha value is -3.41. The van der Waals surface area contributed by atoms with Crippen LogP contribution in [0.5, 0.6) is 5.75 Å². The van der Waals surface area contributed by atoms with Gasteiger partial charge < -0.3 is 14.8 Å². The van der Waals surface area contributed by atoms with Gasteiger partial charge in [-0.25, -0.2) is 4.79 Å². The van der Waals surface area contributed by atoms with Crippen LogP contribution in [0.1, 0.15) is 23.0 Å². The number of pyridine rings is 1. The van der Waals surface area contributed by atoms with Gasteiger partial charge in [-0.1, -0.05) is 30.3 Å². The number of nitrogens with one attached hydrogen (secondary N) is 1. The van der Waals surface area contributed by atoms with Crippen molar-refractivity contribution in [1.82, 2.24) is 4.98 Å². The predicted molar refractivity (Wildman–Crippen MR) is 103 cm³/mol. The molecule has 1 aromatic heterocycles. The van der Waals surface area contributed by atoms with E-state index in [2.05, 4.69) is 10.3 Å². The van der Waals surface area contributed by atoms with E-state index in [-0.39, 0.29) is 0 Å². The van der Waals surface area contributed by atoms with Crippen LogP contribution in [0.25, 0.3) is 10.9 Å². The number of ether oxygens (including phenoxy) is 2. The lowest BCUT2D eigenvalue weighted by molar-refractivity contribution is -0.123. The molecule has 0 saturated carbocycles. The molecule has 2 aromatic carbocycles. The second-order valence-corrected chi connectivity index (χ2v) is 6.07. The van der Waals surface area contributed by atoms with Crippen LogP contribution in [0.15, 0.2) is 54.6 Å². The van der Waals surface area contributed by atoms with Crippen LogP contribution < -0.4 is 10.1 Å². The number of fused-ring (bicyclic) bond motifs is 1. The van der Waals surface area contributed by atoms with Gasteiger partial charge in [-0.3, -0.25) is 9.78 Å². The summed E-state index contributed by atoms with van der Waals surface area (Å²) in [5.74, 6) is -0.484. The molecule has 0 aliphatic carbocycles. The summed E-state index contributed by atoms with van der Waals surface area (Å²) >= 11 is 0. The summed E-state index contributed by atoms with van der Waals surface area (Å²) in [7, 11) is 1.52. The summed E-state index contributed by atoms with van der Waals surface area (Å²) in [5, 5.41) is 3.40. The number of rotatable bonds is 5. The Kier molecular flexibility index (Phi) is 5.35. The van der Waals surface area contributed by atoms with Gasteiger partial charge in [0, 0.05) is 11.1 Å². The van der Waals surface area contributed by atoms with Gasteiger partial charge in [0.2, 0.25) is 0 Å². The highest BCUT2D eigenvalue weighted by Gasteiger charge is 2.21. The smallest absolute Gasteiger partial charge is 0.339 e. The molecule has 1 amide bonds. The van der Waals surface area contributed by atoms with Crippen molar-refractivity contribution < 1.29 is 19.1 Å². The largest absolute Gasteiger partial charge is 0.495 e. The zero-order valence-corrected chi connectivity index (χ0v) is 15.4. The van der Waals surface area contributed by atoms with Crippen molar-refractivity contribution in [3.63, 3.8) is 0 Å². The van der Waals surface area contributed by atoms with E-state index >= 15 is 0 Å². The van der Waals surface area contributed by atoms with Crippen LogP contribution in [-0.2, 0) is 9.53 Å². The zero-order chi connectivity index (χ0) is 19.4. The average molecular weight is 364 g/mol. The number of hydrogen-bond donors (Lipinski definition) is 1. The molecule has 0 bridgehead atoms. The third-order valence-corrected chi connectivity index (χ3v) is 4.08. The first-order valence-corrected chi connectivity index (χ1v) is 8.51. The van der Waals surface area contributed by atoms with E-state index < -0.39 is 18.0 Å². The third kappa shape index (κ3) is 4.06. The molecule has 3 rings (SSSR count). The number of amides is 1. The number of nitrogens with zero attached hydrogens (tertiary/aromatic N) is 1. The number of esters is 1. The fourth-order valence-corrected chi connectivity index (χ4v) is 2.74. The van der Waals surface area contributed by atoms with Crippen LogP contribution in [0.4, 0.5) is 5.69 Å². The van der Waals surface area contributed by atoms with Gasteiger partial charge in [0.05, 0.1) is 23.9 Å². The summed E-state index contributed by atoms with van der Waals surface area (Å²) < 4.78 is 10.6. The molecule has 1 heterocycles. The Balaban J connectivity index is 1.77. The van der Waals surface area contributed by atoms with Gasteiger partial charge >= 0.3 is 5.97 Å². The lowest BCUT2D eigenvalue weighted by Crippen LogP contribution is -2.30. The number of benzene rings is 2. The number of carbonyl (C=O) groups is 2. The van der Waals surface area contributed by atoms with Crippen molar-refractivity contribution in [2.45, 2.75) is 20.0 Å². The summed E-state index contributed by atoms with van der Waals surface area (Å²) in [6.45, 7) is 3.33. The first-order chi connectivity index (χ1) is 13.0. The third-order valence-electron chi connectivity index (χ3n) is 4.08. The molecular formula is C21H20N2O4. The van der Waals surface area contributed by atoms with E-state index in [1.807, 2.05) is 18.2 Å². The summed E-state index contributed by atoms with van der Waals surface area (Å²) in [6.07, 6.45) is -0.977. The van der Waals surface area contributed by atoms with E-state index in [4.69, 9.17) is 9.47 Å². The predicted octanol–water partition coefficient (Wildman–Crippen LogP) is 3.74. The number of carbonyl (C=O) groups excluding carboxylic acids is 2. The summed E-state index contributed by atoms with van der Waals surface area (Å²) in [4.78, 5) is 29.5. The number of methoxy groups -OCH3 is 1. The molecule has 138 valence electrons. The van der Waals surface area contributed by atoms with Gasteiger partial charge in [0.15, 0.2) is 6.10 Å². The minimum atomic E-state index is -0.977. The minimum absolute atomic E-state index is 0.384. The lowest BCUT2D eigenvalue weighted by Gasteiger charge is -2.16. The minimum Gasteiger partial charge on any atom is -0.495 e. The number of aryl methyl sites for hydroxylation is 1. The van der Waals surface area contributed by atoms with Gasteiger partial charge in [-0.15, -0.1) is 0 Å². The zero-order valence-electron chi connectivity index (χ0n) is 15.4. The Morgan fingerprint density at radius 1 is 1.07 bits per heavy atom. The SMILES string of the molecule is COc1ccccc1NC(=O)[C@@H](C)OC(=O)c1cc(C)nc2ccccc12. The molecule has 0 saturated heterocycles. The molecule has 0 unspecified atom stereocenters. The van der Waals surface area contributed by atoms with Crippen LogP contribution in [0, 0.1) is 6.92 Å². The Bertz CT molecular complexity index is 1000. The van der Waals surface area contributed by atoms with E-state index in [0.717, 1.165) is 0 Å². The molecular weight excluding hydrogens is 344 g/mol. The highest BCUT2D eigenvalue weighted by Crippen LogP contribution is 2.24. The fourth-order valence-electron chi connectivity index (χ4n) is 2.74. The normalized spacial score (nSPS) is 11.7. The second-order valence-electron chi connectivity index (χ2n) is 6.07. The van der Waals surface area contributed by atoms with E-state index in [9.17, 15) is 9.59 Å². The first-order valence-electron chi connectivity index (χ1n) is 8.51. The molecule has 0 aliphatic heterocycles. The topological polar surface area (TPSA) is 77.5 Å². The van der Waals surface area contributed by atoms with Crippen LogP contribution in [0.3, 0.4) is 0 Å². The summed E-state index contributed by atoms with van der Waals surface area (Å²) in [5.41, 5.74) is 2.30. The van der Waals surface area contributed by atoms with E-state index in [0.29, 0.717) is 33.6 Å². The maximum atomic E-state index is 12.6. The van der Waals surface area contributed by atoms with Gasteiger partial charge in [-0.05, 0) is 38.1 Å². The lowest BCUT2D eigenvalue weighted by atomic mass is 10.1. The Morgan fingerprint density at radius 2 is 1.78 bits per heavy atom. The molecule has 0 fully saturated rings. The standard InChI is InChI=1S/C21H20N2O4/c1-13-12-16(15-8-4-5-9-17(15)22-13)21(25)27-14(2)20(24)23-18-10-6-7-11-19(18)26-3/h4-12,14H,1-3H3,(H,23,24)/t14-/m1/s1. The van der Waals surface area contributed by atoms with Crippen molar-refractivity contribution in [1.29, 1.82) is 0 Å². The number of para-hydroxylation sites is 3. The van der Waals surface area contributed by atoms with Crippen LogP contribution in [-0.4, -0.2) is 30.1 Å². The molecule has 6 heteroatoms. The van der Waals surface area contributed by atoms with E-state index in [1.165, 1.54) is 14.0 Å². The molecule has 1 N–H and O–H groups in total. The highest BCUT2D eigenvalue weighted by atomic mass is 16.5. The molecule has 6 nitrogen and oxygen atoms in total. The number of hydrogen-bond acceptors (Lipinski definition) is 5. The fraction of sp³-hybridized carbons (Fsp3) is 0.190. The number of aromatic nitrogens is 1. The monoisotopic (exact) mass is 364 g/mol. The maximum Gasteiger partial charge on any atom is 0.339 e. The van der Waals surface area contributed by atoms with Crippen molar-refractivity contribution in [3.8, 4) is 5.75 Å². The van der Waals surface area contributed by atoms with Crippen molar-refractivity contribution in [2.75, 3.05) is 12.4 Å². The van der Waals surface area contributed by atoms with Crippen LogP contribution >= 0.6 is 0 Å². The van der Waals surface area contributed by atoms with Crippen molar-refractivity contribution in [2.24, 2.45) is 0 Å². The Labute approximate surface area is 157 Å². The van der Waals surface area contributed by atoms with Crippen molar-refractivity contribution in [3.05, 3.63) is 65.9 Å². The highest BCUT2D eigenvalue weighted by molar-refractivity contribution is 6.05. The van der Waals surface area contributed by atoms with Crippen LogP contribution in [0.2, 0.25) is 0 Å². The molecule has 0 aliphatic rings. The maximum absolute atomic E-state index is 12.6. The average Bonchev–Trinajstić information content (AvgIpc) is 2.67. The molecule has 0 spiro atoms. The molecule has 0 radical (unpaired) electrons. The quantitative estimate of drug-likeness (QED) is 0.698. The number of anilines is 1. The van der Waals surface area contributed by atoms with Crippen molar-refractivity contribution >= 4 is 28.5 Å². The summed E-state index contributed by atoms with van der Waals surface area (Å²) in [6, 6.07) is 16.0.